The summed E-state index contributed by atoms with van der Waals surface area (Å²) in [7, 11) is 0. The predicted octanol–water partition coefficient (Wildman–Crippen LogP) is 2.57. The Morgan fingerprint density at radius 1 is 1.20 bits per heavy atom. The zero-order valence-corrected chi connectivity index (χ0v) is 13.6. The maximum atomic E-state index is 12.7. The fourth-order valence-electron chi connectivity index (χ4n) is 2.80. The Hall–Kier alpha value is -1.06. The highest BCUT2D eigenvalue weighted by atomic mass is 16.2. The lowest BCUT2D eigenvalue weighted by molar-refractivity contribution is -0.152. The molecule has 0 radical (unpaired) electrons. The Kier molecular flexibility index (Phi) is 6.50. The third kappa shape index (κ3) is 3.97. The molecule has 0 aliphatic carbocycles. The first-order valence-corrected chi connectivity index (χ1v) is 8.03. The van der Waals surface area contributed by atoms with E-state index >= 15 is 0 Å². The van der Waals surface area contributed by atoms with Gasteiger partial charge in [-0.25, -0.2) is 0 Å². The maximum absolute atomic E-state index is 12.7. The van der Waals surface area contributed by atoms with Crippen molar-refractivity contribution >= 4 is 11.8 Å². The molecule has 0 aromatic carbocycles. The molecule has 1 aliphatic rings. The molecule has 20 heavy (non-hydrogen) atoms. The molecule has 1 rings (SSSR count). The number of hydrogen-bond acceptors (Lipinski definition) is 2. The fourth-order valence-corrected chi connectivity index (χ4v) is 2.80. The molecule has 2 amide bonds. The first kappa shape index (κ1) is 17.0. The highest BCUT2D eigenvalue weighted by Gasteiger charge is 2.42. The fraction of sp³-hybridized carbons (Fsp3) is 0.875. The van der Waals surface area contributed by atoms with Crippen molar-refractivity contribution in [3.8, 4) is 0 Å². The van der Waals surface area contributed by atoms with Crippen molar-refractivity contribution in [2.75, 3.05) is 6.54 Å². The molecule has 0 aromatic rings. The molecule has 4 nitrogen and oxygen atoms in total. The number of amides is 2. The average molecular weight is 282 g/mol. The number of hydrogen-bond donors (Lipinski definition) is 1. The van der Waals surface area contributed by atoms with Crippen LogP contribution in [0.3, 0.4) is 0 Å². The van der Waals surface area contributed by atoms with Crippen LogP contribution < -0.4 is 5.32 Å². The number of piperazine rings is 1. The summed E-state index contributed by atoms with van der Waals surface area (Å²) < 4.78 is 0. The van der Waals surface area contributed by atoms with Crippen molar-refractivity contribution in [3.05, 3.63) is 0 Å². The smallest absolute Gasteiger partial charge is 0.245 e. The van der Waals surface area contributed by atoms with Gasteiger partial charge in [-0.1, -0.05) is 47.5 Å². The Labute approximate surface area is 123 Å². The minimum atomic E-state index is -0.334. The molecule has 1 fully saturated rings. The Morgan fingerprint density at radius 2 is 1.85 bits per heavy atom. The molecule has 4 heteroatoms. The number of nitrogens with one attached hydrogen (secondary N) is 1. The van der Waals surface area contributed by atoms with Crippen molar-refractivity contribution in [1.82, 2.24) is 10.2 Å². The van der Waals surface area contributed by atoms with Crippen LogP contribution >= 0.6 is 0 Å². The molecule has 116 valence electrons. The molecule has 3 unspecified atom stereocenters. The van der Waals surface area contributed by atoms with Gasteiger partial charge in [0, 0.05) is 6.54 Å². The van der Waals surface area contributed by atoms with Crippen LogP contribution in [0.2, 0.25) is 0 Å². The summed E-state index contributed by atoms with van der Waals surface area (Å²) in [5, 5.41) is 2.94. The molecule has 0 saturated carbocycles. The lowest BCUT2D eigenvalue weighted by Gasteiger charge is -2.42. The van der Waals surface area contributed by atoms with E-state index in [2.05, 4.69) is 39.9 Å². The van der Waals surface area contributed by atoms with Crippen LogP contribution in [0.25, 0.3) is 0 Å². The molecule has 0 spiro atoms. The van der Waals surface area contributed by atoms with Crippen molar-refractivity contribution < 1.29 is 9.59 Å². The Balaban J connectivity index is 2.91. The lowest BCUT2D eigenvalue weighted by atomic mass is 9.91. The van der Waals surface area contributed by atoms with E-state index in [-0.39, 0.29) is 29.8 Å². The van der Waals surface area contributed by atoms with E-state index in [1.54, 1.807) is 0 Å². The Bertz CT molecular complexity index is 341. The molecule has 3 atom stereocenters. The largest absolute Gasteiger partial charge is 0.342 e. The van der Waals surface area contributed by atoms with E-state index in [1.807, 2.05) is 4.90 Å². The normalized spacial score (nSPS) is 25.0. The SMILES string of the molecule is CCCCN1C(=O)C(CC(C)C)NC(=O)C1C(C)CC. The molecule has 0 aromatic heterocycles. The van der Waals surface area contributed by atoms with Crippen LogP contribution in [0.1, 0.15) is 60.3 Å². The summed E-state index contributed by atoms with van der Waals surface area (Å²) >= 11 is 0. The van der Waals surface area contributed by atoms with Crippen LogP contribution in [0.5, 0.6) is 0 Å². The molecule has 1 heterocycles. The van der Waals surface area contributed by atoms with Gasteiger partial charge in [-0.2, -0.15) is 0 Å². The van der Waals surface area contributed by atoms with E-state index in [1.165, 1.54) is 0 Å². The van der Waals surface area contributed by atoms with E-state index in [0.29, 0.717) is 12.5 Å². The minimum Gasteiger partial charge on any atom is -0.342 e. The number of nitrogens with zero attached hydrogens (tertiary/aromatic N) is 1. The van der Waals surface area contributed by atoms with Crippen LogP contribution in [0.15, 0.2) is 0 Å². The summed E-state index contributed by atoms with van der Waals surface area (Å²) in [5.41, 5.74) is 0. The van der Waals surface area contributed by atoms with Crippen molar-refractivity contribution in [3.63, 3.8) is 0 Å². The summed E-state index contributed by atoms with van der Waals surface area (Å²) in [4.78, 5) is 26.9. The molecular formula is C16H30N2O2. The van der Waals surface area contributed by atoms with Crippen LogP contribution in [0, 0.1) is 11.8 Å². The molecule has 1 N–H and O–H groups in total. The van der Waals surface area contributed by atoms with Crippen molar-refractivity contribution in [1.29, 1.82) is 0 Å². The standard InChI is InChI=1S/C16H30N2O2/c1-6-8-9-18-14(12(5)7-2)15(19)17-13(16(18)20)10-11(3)4/h11-14H,6-10H2,1-5H3,(H,17,19). The number of carbonyl (C=O) groups is 2. The van der Waals surface area contributed by atoms with Gasteiger partial charge in [-0.3, -0.25) is 9.59 Å². The maximum Gasteiger partial charge on any atom is 0.245 e. The van der Waals surface area contributed by atoms with E-state index in [0.717, 1.165) is 25.7 Å². The summed E-state index contributed by atoms with van der Waals surface area (Å²) in [5.74, 6) is 0.742. The Morgan fingerprint density at radius 3 is 2.35 bits per heavy atom. The van der Waals surface area contributed by atoms with Gasteiger partial charge < -0.3 is 10.2 Å². The second-order valence-electron chi connectivity index (χ2n) is 6.41. The minimum absolute atomic E-state index is 0.0284. The van der Waals surface area contributed by atoms with Gasteiger partial charge in [0.05, 0.1) is 0 Å². The second-order valence-corrected chi connectivity index (χ2v) is 6.41. The van der Waals surface area contributed by atoms with Crippen LogP contribution in [0.4, 0.5) is 0 Å². The first-order chi connectivity index (χ1) is 9.42. The monoisotopic (exact) mass is 282 g/mol. The van der Waals surface area contributed by atoms with Crippen molar-refractivity contribution in [2.45, 2.75) is 72.4 Å². The molecular weight excluding hydrogens is 252 g/mol. The third-order valence-corrected chi connectivity index (χ3v) is 4.14. The zero-order chi connectivity index (χ0) is 15.3. The van der Waals surface area contributed by atoms with Gasteiger partial charge in [0.1, 0.15) is 12.1 Å². The van der Waals surface area contributed by atoms with Gasteiger partial charge in [0.2, 0.25) is 11.8 Å². The lowest BCUT2D eigenvalue weighted by Crippen LogP contribution is -2.65. The third-order valence-electron chi connectivity index (χ3n) is 4.14. The molecule has 1 aliphatic heterocycles. The summed E-state index contributed by atoms with van der Waals surface area (Å²) in [6.45, 7) is 11.1. The number of unbranched alkanes of at least 4 members (excludes halogenated alkanes) is 1. The highest BCUT2D eigenvalue weighted by molar-refractivity contribution is 5.97. The average Bonchev–Trinajstić information content (AvgIpc) is 2.39. The summed E-state index contributed by atoms with van der Waals surface area (Å²) in [6, 6.07) is -0.623. The second kappa shape index (κ2) is 7.65. The van der Waals surface area contributed by atoms with Gasteiger partial charge in [-0.05, 0) is 24.7 Å². The quantitative estimate of drug-likeness (QED) is 0.780. The topological polar surface area (TPSA) is 49.4 Å². The molecule has 0 bridgehead atoms. The number of rotatable bonds is 7. The van der Waals surface area contributed by atoms with Gasteiger partial charge in [0.15, 0.2) is 0 Å². The first-order valence-electron chi connectivity index (χ1n) is 8.03. The van der Waals surface area contributed by atoms with E-state index < -0.39 is 0 Å². The van der Waals surface area contributed by atoms with Crippen LogP contribution in [-0.4, -0.2) is 35.3 Å². The van der Waals surface area contributed by atoms with E-state index in [4.69, 9.17) is 0 Å². The zero-order valence-electron chi connectivity index (χ0n) is 13.6. The van der Waals surface area contributed by atoms with Gasteiger partial charge in [0.25, 0.3) is 0 Å². The summed E-state index contributed by atoms with van der Waals surface area (Å²) in [6.07, 6.45) is 3.62. The number of carbonyl (C=O) groups excluding carboxylic acids is 2. The highest BCUT2D eigenvalue weighted by Crippen LogP contribution is 2.23. The predicted molar refractivity (Wildman–Crippen MR) is 81.2 cm³/mol. The van der Waals surface area contributed by atoms with Crippen LogP contribution in [-0.2, 0) is 9.59 Å². The van der Waals surface area contributed by atoms with E-state index in [9.17, 15) is 9.59 Å². The van der Waals surface area contributed by atoms with Crippen molar-refractivity contribution in [2.24, 2.45) is 11.8 Å². The molecule has 1 saturated heterocycles. The van der Waals surface area contributed by atoms with Gasteiger partial charge >= 0.3 is 0 Å². The van der Waals surface area contributed by atoms with Gasteiger partial charge in [-0.15, -0.1) is 0 Å².